The maximum Gasteiger partial charge on any atom is 0.303 e. The highest BCUT2D eigenvalue weighted by atomic mass is 16.8. The summed E-state index contributed by atoms with van der Waals surface area (Å²) < 4.78 is 154. The molecule has 5 heterocycles. The Morgan fingerprint density at radius 2 is 0.434 bits per heavy atom. The van der Waals surface area contributed by atoms with Crippen LogP contribution in [-0.2, 0) is 195 Å². The molecule has 0 radical (unpaired) electrons. The fourth-order valence-electron chi connectivity index (χ4n) is 12.2. The molecule has 113 heavy (non-hydrogen) atoms. The Balaban J connectivity index is 1.52. The number of carbonyl (C=O) groups is 16. The van der Waals surface area contributed by atoms with Crippen molar-refractivity contribution in [3.05, 3.63) is 34.4 Å². The van der Waals surface area contributed by atoms with E-state index >= 15 is 0 Å². The third kappa shape index (κ3) is 27.2. The standard InChI is InChI=1S/C68H87NO44/c1-26(70)88-21-44-49(93-31(6)75)54(94-32(7)76)60(100-38(13)82)65(106-44)111-51-46(23-90-28(3)72)108-67(62(102-40(15)84)56(51)96-34(9)78)113-53-48(25-92-30(5)74)109-68(63(103-41(16)85)58(53)98-36(11)80)112-52-47(24-91-29(4)73)107-66(61(101-39(14)83)57(52)97-35(10)79)110-50-45(22-89-27(2)71)105-64(59(99-37(12)81)55(50)95-33(8)77)104-43-19-17-42(18-20-43)69(86)87/h17-20,44-68H,21-25H2,1-16H3. The molecule has 45 heteroatoms. The SMILES string of the molecule is CC(=O)OCC1OC(OC2C(COC(C)=O)OC(OC3C(COC(C)=O)OC(OC4C(COC(C)=O)OC(OC5C(COC(C)=O)OC(Oc6ccc([N+](=O)[O-])cc6)C(OC(C)=O)C5OC(C)=O)C(OC(C)=O)C4OC(C)=O)C(OC(C)=O)C3OC(C)=O)C(OC(C)=O)C2OC(C)=O)C(OC(C)=O)C(OC(C)=O)C1OC(C)=O. The van der Waals surface area contributed by atoms with E-state index in [4.69, 9.17) is 123 Å². The van der Waals surface area contributed by atoms with Crippen LogP contribution < -0.4 is 4.74 Å². The van der Waals surface area contributed by atoms with Gasteiger partial charge in [0.2, 0.25) is 12.4 Å². The topological polar surface area (TPSA) is 556 Å². The van der Waals surface area contributed by atoms with Crippen LogP contribution in [0.1, 0.15) is 111 Å². The van der Waals surface area contributed by atoms with Crippen molar-refractivity contribution in [1.82, 2.24) is 0 Å². The lowest BCUT2D eigenvalue weighted by Crippen LogP contribution is -2.70. The van der Waals surface area contributed by atoms with Crippen molar-refractivity contribution >= 4 is 101 Å². The molecule has 5 aliphatic rings. The highest BCUT2D eigenvalue weighted by Gasteiger charge is 2.63. The van der Waals surface area contributed by atoms with Crippen LogP contribution >= 0.6 is 0 Å². The van der Waals surface area contributed by atoms with Gasteiger partial charge in [-0.2, -0.15) is 0 Å². The van der Waals surface area contributed by atoms with Gasteiger partial charge < -0.3 is 123 Å². The third-order valence-electron chi connectivity index (χ3n) is 16.0. The van der Waals surface area contributed by atoms with Gasteiger partial charge in [-0.15, -0.1) is 0 Å². The van der Waals surface area contributed by atoms with Gasteiger partial charge in [-0.25, -0.2) is 0 Å². The molecule has 5 saturated heterocycles. The zero-order valence-electron chi connectivity index (χ0n) is 63.7. The van der Waals surface area contributed by atoms with Gasteiger partial charge in [0.25, 0.3) is 5.69 Å². The zero-order valence-corrected chi connectivity index (χ0v) is 63.7. The number of hydrogen-bond acceptors (Lipinski definition) is 44. The minimum atomic E-state index is -2.36. The van der Waals surface area contributed by atoms with Crippen LogP contribution in [-0.4, -0.2) is 287 Å². The third-order valence-corrected chi connectivity index (χ3v) is 16.0. The molecule has 0 amide bonds. The molecule has 25 atom stereocenters. The predicted octanol–water partition coefficient (Wildman–Crippen LogP) is -0.797. The van der Waals surface area contributed by atoms with Crippen molar-refractivity contribution in [2.24, 2.45) is 0 Å². The fourth-order valence-corrected chi connectivity index (χ4v) is 12.2. The van der Waals surface area contributed by atoms with Crippen LogP contribution in [0.25, 0.3) is 0 Å². The highest BCUT2D eigenvalue weighted by molar-refractivity contribution is 5.72. The maximum atomic E-state index is 13.7. The van der Waals surface area contributed by atoms with Crippen molar-refractivity contribution in [1.29, 1.82) is 0 Å². The Morgan fingerprint density at radius 3 is 0.637 bits per heavy atom. The van der Waals surface area contributed by atoms with Gasteiger partial charge in [-0.05, 0) is 12.1 Å². The minimum Gasteiger partial charge on any atom is -0.463 e. The summed E-state index contributed by atoms with van der Waals surface area (Å²) in [6, 6.07) is 4.34. The molecule has 0 aliphatic carbocycles. The van der Waals surface area contributed by atoms with E-state index < -0.39 is 287 Å². The number of ether oxygens (including phenoxy) is 26. The highest BCUT2D eigenvalue weighted by Crippen LogP contribution is 2.42. The van der Waals surface area contributed by atoms with Gasteiger partial charge in [0, 0.05) is 123 Å². The number of carbonyl (C=O) groups excluding carboxylic acids is 16. The van der Waals surface area contributed by atoms with Crippen LogP contribution in [0.4, 0.5) is 5.69 Å². The van der Waals surface area contributed by atoms with Crippen molar-refractivity contribution < 1.29 is 205 Å². The molecule has 1 aromatic carbocycles. The second kappa shape index (κ2) is 41.9. The summed E-state index contributed by atoms with van der Waals surface area (Å²) >= 11 is 0. The second-order valence-corrected chi connectivity index (χ2v) is 25.3. The van der Waals surface area contributed by atoms with E-state index in [1.54, 1.807) is 0 Å². The average Bonchev–Trinajstić information content (AvgIpc) is 0.757. The Kier molecular flexibility index (Phi) is 33.9. The van der Waals surface area contributed by atoms with Crippen LogP contribution in [0, 0.1) is 10.1 Å². The molecular formula is C68H87NO44. The van der Waals surface area contributed by atoms with E-state index in [0.717, 1.165) is 135 Å². The molecule has 0 spiro atoms. The number of nitro groups is 1. The summed E-state index contributed by atoms with van der Waals surface area (Å²) in [5.41, 5.74) is -0.385. The van der Waals surface area contributed by atoms with Crippen molar-refractivity contribution in [2.75, 3.05) is 33.0 Å². The van der Waals surface area contributed by atoms with Crippen LogP contribution in [0.15, 0.2) is 24.3 Å². The zero-order chi connectivity index (χ0) is 84.2. The number of esters is 16. The van der Waals surface area contributed by atoms with E-state index in [1.165, 1.54) is 0 Å². The van der Waals surface area contributed by atoms with E-state index in [0.29, 0.717) is 0 Å². The van der Waals surface area contributed by atoms with Gasteiger partial charge in [-0.1, -0.05) is 0 Å². The summed E-state index contributed by atoms with van der Waals surface area (Å²) in [6.07, 6.45) is -51.8. The van der Waals surface area contributed by atoms with E-state index in [2.05, 4.69) is 0 Å². The summed E-state index contributed by atoms with van der Waals surface area (Å²) in [7, 11) is 0. The quantitative estimate of drug-likeness (QED) is 0.0369. The van der Waals surface area contributed by atoms with E-state index in [-0.39, 0.29) is 11.4 Å². The molecule has 5 aliphatic heterocycles. The average molecular weight is 1620 g/mol. The van der Waals surface area contributed by atoms with Crippen molar-refractivity contribution in [3.8, 4) is 5.75 Å². The number of hydrogen-bond donors (Lipinski definition) is 0. The number of nitro benzene ring substituents is 1. The molecule has 6 rings (SSSR count). The molecule has 0 aromatic heterocycles. The maximum absolute atomic E-state index is 13.7. The Morgan fingerprint density at radius 1 is 0.257 bits per heavy atom. The first-order chi connectivity index (χ1) is 53.0. The monoisotopic (exact) mass is 1620 g/mol. The van der Waals surface area contributed by atoms with Crippen LogP contribution in [0.2, 0.25) is 0 Å². The van der Waals surface area contributed by atoms with E-state index in [1.807, 2.05) is 0 Å². The lowest BCUT2D eigenvalue weighted by molar-refractivity contribution is -0.392. The summed E-state index contributed by atoms with van der Waals surface area (Å²) in [5, 5.41) is 11.5. The largest absolute Gasteiger partial charge is 0.463 e. The number of benzene rings is 1. The Hall–Kier alpha value is -10.4. The molecular weight excluding hydrogens is 1530 g/mol. The minimum absolute atomic E-state index is 0.164. The van der Waals surface area contributed by atoms with E-state index in [9.17, 15) is 86.8 Å². The summed E-state index contributed by atoms with van der Waals surface area (Å²) in [5.74, 6) is -17.9. The van der Waals surface area contributed by atoms with Crippen molar-refractivity contribution in [3.63, 3.8) is 0 Å². The summed E-state index contributed by atoms with van der Waals surface area (Å²) in [6.45, 7) is 9.73. The Labute approximate surface area is 641 Å². The van der Waals surface area contributed by atoms with Gasteiger partial charge in [0.1, 0.15) is 93.7 Å². The Bertz CT molecular complexity index is 3620. The molecule has 5 fully saturated rings. The van der Waals surface area contributed by atoms with Crippen LogP contribution in [0.3, 0.4) is 0 Å². The molecule has 25 unspecified atom stereocenters. The fraction of sp³-hybridized carbons (Fsp3) is 0.676. The predicted molar refractivity (Wildman–Crippen MR) is 351 cm³/mol. The lowest BCUT2D eigenvalue weighted by atomic mass is 9.94. The first kappa shape index (κ1) is 91.5. The van der Waals surface area contributed by atoms with Crippen LogP contribution in [0.5, 0.6) is 5.75 Å². The lowest BCUT2D eigenvalue weighted by Gasteiger charge is -2.51. The number of non-ortho nitro benzene ring substituents is 1. The number of rotatable bonds is 32. The molecule has 1 aromatic rings. The smallest absolute Gasteiger partial charge is 0.303 e. The van der Waals surface area contributed by atoms with Gasteiger partial charge in [-0.3, -0.25) is 86.8 Å². The molecule has 0 N–H and O–H groups in total. The molecule has 0 bridgehead atoms. The number of nitrogens with zero attached hydrogens (tertiary/aromatic N) is 1. The molecule has 628 valence electrons. The first-order valence-corrected chi connectivity index (χ1v) is 34.4. The first-order valence-electron chi connectivity index (χ1n) is 34.4. The van der Waals surface area contributed by atoms with Gasteiger partial charge in [0.15, 0.2) is 86.2 Å². The molecule has 45 nitrogen and oxygen atoms in total. The second-order valence-electron chi connectivity index (χ2n) is 25.3. The summed E-state index contributed by atoms with van der Waals surface area (Å²) in [4.78, 5) is 220. The van der Waals surface area contributed by atoms with Gasteiger partial charge >= 0.3 is 95.5 Å². The van der Waals surface area contributed by atoms with Crippen molar-refractivity contribution in [2.45, 2.75) is 264 Å². The van der Waals surface area contributed by atoms with Gasteiger partial charge in [0.05, 0.1) is 4.92 Å². The molecule has 0 saturated carbocycles. The normalized spacial score (nSPS) is 31.2.